The molecular weight excluding hydrogens is 320 g/mol. The Morgan fingerprint density at radius 3 is 2.92 bits per heavy atom. The maximum atomic E-state index is 5.25. The minimum atomic E-state index is 0.814. The summed E-state index contributed by atoms with van der Waals surface area (Å²) < 4.78 is 7.32. The first kappa shape index (κ1) is 14.7. The van der Waals surface area contributed by atoms with Gasteiger partial charge in [-0.25, -0.2) is 9.97 Å². The van der Waals surface area contributed by atoms with Gasteiger partial charge in [-0.2, -0.15) is 0 Å². The van der Waals surface area contributed by atoms with E-state index < -0.39 is 0 Å². The highest BCUT2D eigenvalue weighted by Gasteiger charge is 2.14. The maximum absolute atomic E-state index is 5.25. The van der Waals surface area contributed by atoms with Crippen molar-refractivity contribution in [3.63, 3.8) is 0 Å². The number of methoxy groups -OCH3 is 1. The molecule has 0 bridgehead atoms. The minimum absolute atomic E-state index is 0.814. The molecule has 0 spiro atoms. The fourth-order valence-electron chi connectivity index (χ4n) is 2.69. The molecule has 0 saturated carbocycles. The van der Waals surface area contributed by atoms with Gasteiger partial charge in [0.15, 0.2) is 5.13 Å². The first-order valence-electron chi connectivity index (χ1n) is 7.55. The van der Waals surface area contributed by atoms with Crippen LogP contribution in [-0.4, -0.2) is 21.5 Å². The molecular formula is C18H16N4OS. The summed E-state index contributed by atoms with van der Waals surface area (Å²) in [6.45, 7) is 2.01. The van der Waals surface area contributed by atoms with Crippen LogP contribution in [0.15, 0.2) is 54.0 Å². The number of imidazole rings is 1. The molecule has 3 aromatic heterocycles. The van der Waals surface area contributed by atoms with Gasteiger partial charge in [-0.15, -0.1) is 11.3 Å². The Morgan fingerprint density at radius 1 is 1.12 bits per heavy atom. The van der Waals surface area contributed by atoms with E-state index in [1.54, 1.807) is 18.4 Å². The van der Waals surface area contributed by atoms with Crippen LogP contribution in [-0.2, 0) is 0 Å². The molecule has 5 nitrogen and oxygen atoms in total. The Labute approximate surface area is 143 Å². The lowest BCUT2D eigenvalue weighted by Crippen LogP contribution is -1.92. The zero-order valence-electron chi connectivity index (χ0n) is 13.4. The molecule has 1 N–H and O–H groups in total. The number of pyridine rings is 1. The number of fused-ring (bicyclic) bond motifs is 1. The van der Waals surface area contributed by atoms with Gasteiger partial charge in [-0.1, -0.05) is 12.1 Å². The van der Waals surface area contributed by atoms with Crippen molar-refractivity contribution in [2.24, 2.45) is 0 Å². The van der Waals surface area contributed by atoms with E-state index in [1.165, 1.54) is 0 Å². The molecule has 1 aromatic carbocycles. The van der Waals surface area contributed by atoms with Crippen molar-refractivity contribution in [2.75, 3.05) is 12.4 Å². The number of aryl methyl sites for hydroxylation is 1. The minimum Gasteiger partial charge on any atom is -0.497 e. The topological polar surface area (TPSA) is 51.5 Å². The summed E-state index contributed by atoms with van der Waals surface area (Å²) in [5, 5.41) is 6.21. The molecule has 0 atom stereocenters. The van der Waals surface area contributed by atoms with Crippen LogP contribution in [0.4, 0.5) is 10.8 Å². The van der Waals surface area contributed by atoms with E-state index in [4.69, 9.17) is 9.72 Å². The van der Waals surface area contributed by atoms with Crippen molar-refractivity contribution < 1.29 is 4.74 Å². The van der Waals surface area contributed by atoms with Crippen LogP contribution < -0.4 is 10.1 Å². The first-order chi connectivity index (χ1) is 11.7. The van der Waals surface area contributed by atoms with Gasteiger partial charge < -0.3 is 10.1 Å². The normalized spacial score (nSPS) is 10.9. The SMILES string of the molecule is COc1cccc(Nc2nc(-c3c(C)nc4ccccn34)cs2)c1. The van der Waals surface area contributed by atoms with Gasteiger partial charge in [0.2, 0.25) is 0 Å². The summed E-state index contributed by atoms with van der Waals surface area (Å²) >= 11 is 1.57. The highest BCUT2D eigenvalue weighted by Crippen LogP contribution is 2.30. The van der Waals surface area contributed by atoms with Crippen LogP contribution in [0.5, 0.6) is 5.75 Å². The third-order valence-corrected chi connectivity index (χ3v) is 4.53. The van der Waals surface area contributed by atoms with E-state index in [1.807, 2.05) is 61.0 Å². The second-order valence-electron chi connectivity index (χ2n) is 5.37. The molecule has 4 aromatic rings. The van der Waals surface area contributed by atoms with Crippen molar-refractivity contribution >= 4 is 27.8 Å². The van der Waals surface area contributed by atoms with E-state index in [0.717, 1.165) is 39.3 Å². The number of rotatable bonds is 4. The molecule has 24 heavy (non-hydrogen) atoms. The number of thiazole rings is 1. The monoisotopic (exact) mass is 336 g/mol. The quantitative estimate of drug-likeness (QED) is 0.595. The molecule has 4 rings (SSSR count). The van der Waals surface area contributed by atoms with E-state index in [0.29, 0.717) is 0 Å². The molecule has 120 valence electrons. The fourth-order valence-corrected chi connectivity index (χ4v) is 3.40. The third-order valence-electron chi connectivity index (χ3n) is 3.77. The fraction of sp³-hybridized carbons (Fsp3) is 0.111. The average Bonchev–Trinajstić information content (AvgIpc) is 3.17. The van der Waals surface area contributed by atoms with Gasteiger partial charge in [0.25, 0.3) is 0 Å². The number of aromatic nitrogens is 3. The smallest absolute Gasteiger partial charge is 0.187 e. The summed E-state index contributed by atoms with van der Waals surface area (Å²) in [4.78, 5) is 9.32. The van der Waals surface area contributed by atoms with Crippen LogP contribution in [0, 0.1) is 6.92 Å². The van der Waals surface area contributed by atoms with E-state index in [9.17, 15) is 0 Å². The van der Waals surface area contributed by atoms with Gasteiger partial charge >= 0.3 is 0 Å². The molecule has 0 aliphatic carbocycles. The van der Waals surface area contributed by atoms with E-state index in [2.05, 4.69) is 14.7 Å². The summed E-state index contributed by atoms with van der Waals surface area (Å²) in [6, 6.07) is 13.8. The molecule has 0 fully saturated rings. The Hall–Kier alpha value is -2.86. The Bertz CT molecular complexity index is 1010. The van der Waals surface area contributed by atoms with Crippen molar-refractivity contribution in [3.8, 4) is 17.1 Å². The summed E-state index contributed by atoms with van der Waals surface area (Å²) in [7, 11) is 1.66. The molecule has 0 radical (unpaired) electrons. The predicted octanol–water partition coefficient (Wildman–Crippen LogP) is 4.52. The van der Waals surface area contributed by atoms with Gasteiger partial charge in [-0.3, -0.25) is 4.40 Å². The molecule has 6 heteroatoms. The number of nitrogens with one attached hydrogen (secondary N) is 1. The Balaban J connectivity index is 1.68. The van der Waals surface area contributed by atoms with Crippen molar-refractivity contribution in [1.82, 2.24) is 14.4 Å². The number of benzene rings is 1. The molecule has 0 aliphatic rings. The van der Waals surface area contributed by atoms with E-state index >= 15 is 0 Å². The zero-order valence-corrected chi connectivity index (χ0v) is 14.2. The van der Waals surface area contributed by atoms with Gasteiger partial charge in [0.05, 0.1) is 18.5 Å². The highest BCUT2D eigenvalue weighted by molar-refractivity contribution is 7.14. The lowest BCUT2D eigenvalue weighted by molar-refractivity contribution is 0.415. The van der Waals surface area contributed by atoms with Crippen LogP contribution >= 0.6 is 11.3 Å². The number of ether oxygens (including phenoxy) is 1. The van der Waals surface area contributed by atoms with Crippen LogP contribution in [0.3, 0.4) is 0 Å². The Kier molecular flexibility index (Phi) is 3.66. The number of hydrogen-bond donors (Lipinski definition) is 1. The molecule has 3 heterocycles. The lowest BCUT2D eigenvalue weighted by atomic mass is 10.3. The second-order valence-corrected chi connectivity index (χ2v) is 6.23. The number of anilines is 2. The molecule has 0 unspecified atom stereocenters. The highest BCUT2D eigenvalue weighted by atomic mass is 32.1. The summed E-state index contributed by atoms with van der Waals surface area (Å²) in [5.41, 5.74) is 4.80. The van der Waals surface area contributed by atoms with Crippen molar-refractivity contribution in [2.45, 2.75) is 6.92 Å². The van der Waals surface area contributed by atoms with Gasteiger partial charge in [0.1, 0.15) is 17.1 Å². The van der Waals surface area contributed by atoms with Crippen LogP contribution in [0.25, 0.3) is 17.0 Å². The lowest BCUT2D eigenvalue weighted by Gasteiger charge is -2.05. The summed E-state index contributed by atoms with van der Waals surface area (Å²) in [5.74, 6) is 0.814. The Morgan fingerprint density at radius 2 is 2.04 bits per heavy atom. The van der Waals surface area contributed by atoms with Crippen molar-refractivity contribution in [3.05, 3.63) is 59.7 Å². The third kappa shape index (κ3) is 2.61. The predicted molar refractivity (Wildman–Crippen MR) is 97.3 cm³/mol. The second kappa shape index (κ2) is 5.98. The standard InChI is InChI=1S/C18H16N4OS/c1-12-17(22-9-4-3-8-16(22)19-12)15-11-24-18(21-15)20-13-6-5-7-14(10-13)23-2/h3-11H,1-2H3,(H,20,21). The number of nitrogens with zero attached hydrogens (tertiary/aromatic N) is 3. The van der Waals surface area contributed by atoms with E-state index in [-0.39, 0.29) is 0 Å². The molecule has 0 saturated heterocycles. The van der Waals surface area contributed by atoms with Gasteiger partial charge in [-0.05, 0) is 31.2 Å². The molecule has 0 amide bonds. The summed E-state index contributed by atoms with van der Waals surface area (Å²) in [6.07, 6.45) is 2.01. The average molecular weight is 336 g/mol. The van der Waals surface area contributed by atoms with Crippen LogP contribution in [0.2, 0.25) is 0 Å². The first-order valence-corrected chi connectivity index (χ1v) is 8.43. The molecule has 0 aliphatic heterocycles. The zero-order chi connectivity index (χ0) is 16.5. The largest absolute Gasteiger partial charge is 0.497 e. The number of hydrogen-bond acceptors (Lipinski definition) is 5. The maximum Gasteiger partial charge on any atom is 0.187 e. The van der Waals surface area contributed by atoms with Gasteiger partial charge in [0, 0.05) is 23.3 Å². The van der Waals surface area contributed by atoms with Crippen LogP contribution in [0.1, 0.15) is 5.69 Å². The van der Waals surface area contributed by atoms with Crippen molar-refractivity contribution in [1.29, 1.82) is 0 Å².